The average molecular weight is 341 g/mol. The molecule has 6 heteroatoms. The minimum Gasteiger partial charge on any atom is -0.497 e. The fourth-order valence-corrected chi connectivity index (χ4v) is 2.81. The van der Waals surface area contributed by atoms with E-state index in [1.807, 2.05) is 24.3 Å². The van der Waals surface area contributed by atoms with Crippen LogP contribution in [0.15, 0.2) is 48.5 Å². The van der Waals surface area contributed by atoms with Crippen LogP contribution in [0, 0.1) is 5.82 Å². The van der Waals surface area contributed by atoms with Crippen LogP contribution in [-0.4, -0.2) is 31.0 Å². The maximum atomic E-state index is 13.1. The van der Waals surface area contributed by atoms with Gasteiger partial charge in [0.1, 0.15) is 17.3 Å². The van der Waals surface area contributed by atoms with Crippen LogP contribution < -0.4 is 15.2 Å². The molecule has 130 valence electrons. The normalized spacial score (nSPS) is 12.0. The Labute approximate surface area is 145 Å². The highest BCUT2D eigenvalue weighted by Gasteiger charge is 2.20. The van der Waals surface area contributed by atoms with Crippen molar-refractivity contribution >= 4 is 0 Å². The summed E-state index contributed by atoms with van der Waals surface area (Å²) in [6.07, 6.45) is 0. The number of nitrogens with two attached hydrogens (primary N) is 1. The van der Waals surface area contributed by atoms with Crippen LogP contribution in [0.5, 0.6) is 11.5 Å². The number of halogens is 1. The second-order valence-electron chi connectivity index (χ2n) is 5.61. The second kappa shape index (κ2) is 7.36. The Bertz CT molecular complexity index is 846. The van der Waals surface area contributed by atoms with Gasteiger partial charge >= 0.3 is 0 Å². The van der Waals surface area contributed by atoms with Crippen LogP contribution in [0.25, 0.3) is 11.3 Å². The lowest BCUT2D eigenvalue weighted by Gasteiger charge is -2.17. The summed E-state index contributed by atoms with van der Waals surface area (Å²) in [5.74, 6) is 1.03. The van der Waals surface area contributed by atoms with Gasteiger partial charge in [0.05, 0.1) is 19.9 Å². The topological polar surface area (TPSA) is 73.2 Å². The number of aromatic nitrogens is 2. The van der Waals surface area contributed by atoms with Crippen LogP contribution in [0.2, 0.25) is 0 Å². The van der Waals surface area contributed by atoms with Crippen molar-refractivity contribution in [2.45, 2.75) is 5.92 Å². The Morgan fingerprint density at radius 1 is 1.08 bits per heavy atom. The molecule has 0 saturated carbocycles. The molecule has 0 aliphatic heterocycles. The molecule has 0 fully saturated rings. The molecule has 0 aliphatic carbocycles. The zero-order valence-electron chi connectivity index (χ0n) is 14.1. The Morgan fingerprint density at radius 3 is 2.48 bits per heavy atom. The first-order valence-electron chi connectivity index (χ1n) is 7.89. The van der Waals surface area contributed by atoms with E-state index >= 15 is 0 Å². The number of hydrogen-bond acceptors (Lipinski definition) is 4. The van der Waals surface area contributed by atoms with Gasteiger partial charge in [-0.3, -0.25) is 5.10 Å². The molecular weight excluding hydrogens is 321 g/mol. The number of benzene rings is 2. The first-order chi connectivity index (χ1) is 12.2. The summed E-state index contributed by atoms with van der Waals surface area (Å²) in [5.41, 5.74) is 9.40. The fraction of sp³-hybridized carbons (Fsp3) is 0.211. The lowest BCUT2D eigenvalue weighted by Crippen LogP contribution is -2.15. The first-order valence-corrected chi connectivity index (χ1v) is 7.89. The smallest absolute Gasteiger partial charge is 0.126 e. The maximum Gasteiger partial charge on any atom is 0.126 e. The van der Waals surface area contributed by atoms with Gasteiger partial charge in [0.25, 0.3) is 0 Å². The van der Waals surface area contributed by atoms with Gasteiger partial charge in [0.15, 0.2) is 0 Å². The van der Waals surface area contributed by atoms with Crippen molar-refractivity contribution in [1.29, 1.82) is 0 Å². The van der Waals surface area contributed by atoms with Gasteiger partial charge in [-0.1, -0.05) is 6.07 Å². The van der Waals surface area contributed by atoms with Crippen molar-refractivity contribution in [1.82, 2.24) is 10.2 Å². The van der Waals surface area contributed by atoms with Gasteiger partial charge in [-0.25, -0.2) is 4.39 Å². The van der Waals surface area contributed by atoms with E-state index in [0.717, 1.165) is 22.5 Å². The molecule has 0 bridgehead atoms. The molecule has 3 aromatic rings. The van der Waals surface area contributed by atoms with Crippen molar-refractivity contribution in [3.05, 3.63) is 65.6 Å². The highest BCUT2D eigenvalue weighted by atomic mass is 19.1. The van der Waals surface area contributed by atoms with E-state index in [4.69, 9.17) is 15.2 Å². The summed E-state index contributed by atoms with van der Waals surface area (Å²) in [6.45, 7) is 0.383. The molecule has 0 radical (unpaired) electrons. The van der Waals surface area contributed by atoms with E-state index in [1.54, 1.807) is 26.4 Å². The first kappa shape index (κ1) is 17.0. The lowest BCUT2D eigenvalue weighted by atomic mass is 9.94. The molecule has 1 atom stereocenters. The van der Waals surface area contributed by atoms with E-state index in [2.05, 4.69) is 10.2 Å². The monoisotopic (exact) mass is 341 g/mol. The van der Waals surface area contributed by atoms with E-state index in [9.17, 15) is 4.39 Å². The molecule has 1 unspecified atom stereocenters. The lowest BCUT2D eigenvalue weighted by molar-refractivity contribution is 0.389. The van der Waals surface area contributed by atoms with Crippen molar-refractivity contribution < 1.29 is 13.9 Å². The number of nitrogens with zero attached hydrogens (tertiary/aromatic N) is 1. The predicted molar refractivity (Wildman–Crippen MR) is 94.4 cm³/mol. The van der Waals surface area contributed by atoms with Crippen molar-refractivity contribution in [3.63, 3.8) is 0 Å². The Morgan fingerprint density at radius 2 is 1.84 bits per heavy atom. The predicted octanol–water partition coefficient (Wildman–Crippen LogP) is 3.32. The molecule has 1 heterocycles. The SMILES string of the molecule is COc1ccc(C(CN)c2cc(-c3ccc(F)cc3)n[nH]2)c(OC)c1. The molecule has 25 heavy (non-hydrogen) atoms. The average Bonchev–Trinajstić information content (AvgIpc) is 3.13. The number of hydrogen-bond donors (Lipinski definition) is 2. The van der Waals surface area contributed by atoms with Crippen molar-refractivity contribution in [3.8, 4) is 22.8 Å². The molecule has 0 saturated heterocycles. The minimum atomic E-state index is -0.276. The van der Waals surface area contributed by atoms with Crippen LogP contribution in [0.4, 0.5) is 4.39 Å². The van der Waals surface area contributed by atoms with Crippen molar-refractivity contribution in [2.75, 3.05) is 20.8 Å². The molecule has 0 aliphatic rings. The zero-order chi connectivity index (χ0) is 17.8. The fourth-order valence-electron chi connectivity index (χ4n) is 2.81. The maximum absolute atomic E-state index is 13.1. The second-order valence-corrected chi connectivity index (χ2v) is 5.61. The van der Waals surface area contributed by atoms with E-state index in [-0.39, 0.29) is 11.7 Å². The standard InChI is InChI=1S/C19H20FN3O2/c1-24-14-7-8-15(19(9-14)25-2)16(11-21)18-10-17(22-23-18)12-3-5-13(20)6-4-12/h3-10,16H,11,21H2,1-2H3,(H,22,23). The Balaban J connectivity index is 1.95. The number of methoxy groups -OCH3 is 2. The summed E-state index contributed by atoms with van der Waals surface area (Å²) < 4.78 is 23.8. The van der Waals surface area contributed by atoms with Crippen LogP contribution in [-0.2, 0) is 0 Å². The van der Waals surface area contributed by atoms with Gasteiger partial charge < -0.3 is 15.2 Å². The zero-order valence-corrected chi connectivity index (χ0v) is 14.1. The van der Waals surface area contributed by atoms with Gasteiger partial charge in [-0.05, 0) is 36.4 Å². The van der Waals surface area contributed by atoms with Crippen LogP contribution in [0.3, 0.4) is 0 Å². The number of rotatable bonds is 6. The summed E-state index contributed by atoms with van der Waals surface area (Å²) in [6, 6.07) is 13.8. The van der Waals surface area contributed by atoms with Gasteiger partial charge in [0, 0.05) is 35.3 Å². The highest BCUT2D eigenvalue weighted by molar-refractivity contribution is 5.60. The largest absolute Gasteiger partial charge is 0.497 e. The number of aromatic amines is 1. The molecule has 3 rings (SSSR count). The third-order valence-corrected chi connectivity index (χ3v) is 4.16. The Kier molecular flexibility index (Phi) is 5.00. The quantitative estimate of drug-likeness (QED) is 0.721. The van der Waals surface area contributed by atoms with Crippen molar-refractivity contribution in [2.24, 2.45) is 5.73 Å². The van der Waals surface area contributed by atoms with Gasteiger partial charge in [-0.2, -0.15) is 5.10 Å². The van der Waals surface area contributed by atoms with Gasteiger partial charge in [-0.15, -0.1) is 0 Å². The number of nitrogens with one attached hydrogen (secondary N) is 1. The molecule has 1 aromatic heterocycles. The summed E-state index contributed by atoms with van der Waals surface area (Å²) in [7, 11) is 3.22. The summed E-state index contributed by atoms with van der Waals surface area (Å²) in [5, 5.41) is 7.37. The molecule has 0 spiro atoms. The molecule has 3 N–H and O–H groups in total. The third-order valence-electron chi connectivity index (χ3n) is 4.16. The third kappa shape index (κ3) is 3.49. The highest BCUT2D eigenvalue weighted by Crippen LogP contribution is 2.34. The Hall–Kier alpha value is -2.86. The minimum absolute atomic E-state index is 0.109. The number of ether oxygens (including phenoxy) is 2. The molecule has 0 amide bonds. The van der Waals surface area contributed by atoms with E-state index < -0.39 is 0 Å². The van der Waals surface area contributed by atoms with E-state index in [1.165, 1.54) is 12.1 Å². The van der Waals surface area contributed by atoms with E-state index in [0.29, 0.717) is 18.0 Å². The van der Waals surface area contributed by atoms with Crippen LogP contribution in [0.1, 0.15) is 17.2 Å². The summed E-state index contributed by atoms with van der Waals surface area (Å²) in [4.78, 5) is 0. The van der Waals surface area contributed by atoms with Crippen LogP contribution >= 0.6 is 0 Å². The van der Waals surface area contributed by atoms with Gasteiger partial charge in [0.2, 0.25) is 0 Å². The number of H-pyrrole nitrogens is 1. The summed E-state index contributed by atoms with van der Waals surface area (Å²) >= 11 is 0. The molecule has 5 nitrogen and oxygen atoms in total. The molecule has 2 aromatic carbocycles. The molecular formula is C19H20FN3O2.